The lowest BCUT2D eigenvalue weighted by Gasteiger charge is -2.32. The average Bonchev–Trinajstić information content (AvgIpc) is 3.35. The van der Waals surface area contributed by atoms with Gasteiger partial charge in [-0.25, -0.2) is 4.52 Å². The van der Waals surface area contributed by atoms with Crippen LogP contribution < -0.4 is 4.74 Å². The van der Waals surface area contributed by atoms with Gasteiger partial charge in [0.25, 0.3) is 0 Å². The van der Waals surface area contributed by atoms with Gasteiger partial charge in [-0.05, 0) is 31.9 Å². The highest BCUT2D eigenvalue weighted by molar-refractivity contribution is 5.87. The van der Waals surface area contributed by atoms with E-state index in [1.807, 2.05) is 35.0 Å². The van der Waals surface area contributed by atoms with E-state index in [0.29, 0.717) is 23.4 Å². The highest BCUT2D eigenvalue weighted by atomic mass is 16.5. The Morgan fingerprint density at radius 3 is 2.97 bits per heavy atom. The van der Waals surface area contributed by atoms with Gasteiger partial charge in [0.05, 0.1) is 25.5 Å². The average molecular weight is 390 g/mol. The van der Waals surface area contributed by atoms with Crippen LogP contribution in [0, 0.1) is 18.3 Å². The van der Waals surface area contributed by atoms with E-state index in [4.69, 9.17) is 4.74 Å². The van der Waals surface area contributed by atoms with Gasteiger partial charge in [-0.1, -0.05) is 6.58 Å². The number of ether oxygens (including phenoxy) is 1. The first-order valence-corrected chi connectivity index (χ1v) is 9.48. The Morgan fingerprint density at radius 2 is 2.24 bits per heavy atom. The summed E-state index contributed by atoms with van der Waals surface area (Å²) in [4.78, 5) is 13.8. The first kappa shape index (κ1) is 18.7. The lowest BCUT2D eigenvalue weighted by Crippen LogP contribution is -2.40. The molecule has 1 aliphatic heterocycles. The third-order valence-electron chi connectivity index (χ3n) is 5.50. The molecule has 0 bridgehead atoms. The summed E-state index contributed by atoms with van der Waals surface area (Å²) in [7, 11) is 1.58. The molecule has 0 saturated carbocycles. The van der Waals surface area contributed by atoms with Gasteiger partial charge in [0.1, 0.15) is 22.9 Å². The summed E-state index contributed by atoms with van der Waals surface area (Å²) in [6, 6.07) is 4.17. The molecule has 4 heterocycles. The fraction of sp³-hybridized carbons (Fsp3) is 0.333. The lowest BCUT2D eigenvalue weighted by atomic mass is 10.0. The van der Waals surface area contributed by atoms with Crippen molar-refractivity contribution in [2.24, 2.45) is 0 Å². The number of hydrogen-bond donors (Lipinski definition) is 0. The number of nitriles is 1. The summed E-state index contributed by atoms with van der Waals surface area (Å²) in [5.74, 6) is 0.547. The zero-order valence-electron chi connectivity index (χ0n) is 16.5. The minimum Gasteiger partial charge on any atom is -0.494 e. The molecule has 29 heavy (non-hydrogen) atoms. The first-order valence-electron chi connectivity index (χ1n) is 9.48. The molecule has 1 saturated heterocycles. The van der Waals surface area contributed by atoms with E-state index in [1.54, 1.807) is 11.6 Å². The first-order chi connectivity index (χ1) is 14.1. The molecule has 1 amide bonds. The molecular formula is C21H22N6O2. The molecular weight excluding hydrogens is 368 g/mol. The summed E-state index contributed by atoms with van der Waals surface area (Å²) in [6.45, 7) is 6.99. The highest BCUT2D eigenvalue weighted by Crippen LogP contribution is 2.33. The number of piperidine rings is 1. The number of pyridine rings is 1. The van der Waals surface area contributed by atoms with Gasteiger partial charge >= 0.3 is 0 Å². The van der Waals surface area contributed by atoms with E-state index < -0.39 is 0 Å². The molecule has 4 rings (SSSR count). The largest absolute Gasteiger partial charge is 0.494 e. The van der Waals surface area contributed by atoms with E-state index >= 15 is 0 Å². The molecule has 0 aliphatic carbocycles. The molecule has 0 unspecified atom stereocenters. The van der Waals surface area contributed by atoms with Crippen molar-refractivity contribution in [1.82, 2.24) is 24.3 Å². The molecule has 3 aromatic heterocycles. The Bertz CT molecular complexity index is 1140. The minimum absolute atomic E-state index is 0.0399. The second-order valence-electron chi connectivity index (χ2n) is 7.13. The number of carbonyl (C=O) groups excluding carboxylic acids is 1. The van der Waals surface area contributed by atoms with Crippen LogP contribution in [0.5, 0.6) is 5.75 Å². The fourth-order valence-electron chi connectivity index (χ4n) is 4.03. The van der Waals surface area contributed by atoms with Crippen molar-refractivity contribution >= 4 is 11.4 Å². The number of likely N-dealkylation sites (tertiary alicyclic amines) is 1. The zero-order chi connectivity index (χ0) is 20.5. The van der Waals surface area contributed by atoms with Gasteiger partial charge in [-0.15, -0.1) is 0 Å². The van der Waals surface area contributed by atoms with Crippen molar-refractivity contribution in [2.45, 2.75) is 25.8 Å². The van der Waals surface area contributed by atoms with Crippen LogP contribution in [-0.2, 0) is 4.79 Å². The van der Waals surface area contributed by atoms with Crippen LogP contribution in [0.3, 0.4) is 0 Å². The lowest BCUT2D eigenvalue weighted by molar-refractivity contribution is -0.127. The van der Waals surface area contributed by atoms with Gasteiger partial charge in [0, 0.05) is 36.1 Å². The zero-order valence-corrected chi connectivity index (χ0v) is 16.5. The summed E-state index contributed by atoms with van der Waals surface area (Å²) in [6.07, 6.45) is 8.51. The topological polar surface area (TPSA) is 88.5 Å². The standard InChI is InChI=1S/C21H22N6O2/c1-4-20(28)25-7-5-6-17(13-25)27-14(2)18(11-24-27)15-8-19(29-3)21-16(9-22)10-23-26(21)12-15/h4,8,10-12,17H,1,5-7,13H2,2-3H3/t17-/m1/s1. The molecule has 0 aromatic carbocycles. The molecule has 8 nitrogen and oxygen atoms in total. The number of nitrogens with zero attached hydrogens (tertiary/aromatic N) is 6. The predicted octanol–water partition coefficient (Wildman–Crippen LogP) is 2.74. The van der Waals surface area contributed by atoms with Crippen LogP contribution in [0.1, 0.15) is 30.1 Å². The van der Waals surface area contributed by atoms with Gasteiger partial charge in [-0.3, -0.25) is 9.48 Å². The SMILES string of the molecule is C=CC(=O)N1CCC[C@@H](n2ncc(-c3cc(OC)c4c(C#N)cnn4c3)c2C)C1. The number of fused-ring (bicyclic) bond motifs is 1. The van der Waals surface area contributed by atoms with Crippen LogP contribution in [-0.4, -0.2) is 50.4 Å². The van der Waals surface area contributed by atoms with E-state index in [1.165, 1.54) is 12.3 Å². The number of methoxy groups -OCH3 is 1. The van der Waals surface area contributed by atoms with E-state index in [0.717, 1.165) is 36.2 Å². The van der Waals surface area contributed by atoms with E-state index in [9.17, 15) is 10.1 Å². The van der Waals surface area contributed by atoms with Gasteiger partial charge in [0.15, 0.2) is 0 Å². The van der Waals surface area contributed by atoms with Crippen molar-refractivity contribution < 1.29 is 9.53 Å². The Labute approximate surface area is 168 Å². The summed E-state index contributed by atoms with van der Waals surface area (Å²) >= 11 is 0. The van der Waals surface area contributed by atoms with Crippen LogP contribution in [0.4, 0.5) is 0 Å². The number of hydrogen-bond acceptors (Lipinski definition) is 5. The Hall–Kier alpha value is -3.60. The summed E-state index contributed by atoms with van der Waals surface area (Å²) in [5.41, 5.74) is 3.99. The van der Waals surface area contributed by atoms with Crippen LogP contribution in [0.15, 0.2) is 37.3 Å². The molecule has 148 valence electrons. The predicted molar refractivity (Wildman–Crippen MR) is 107 cm³/mol. The van der Waals surface area contributed by atoms with E-state index in [-0.39, 0.29) is 11.9 Å². The smallest absolute Gasteiger partial charge is 0.246 e. The van der Waals surface area contributed by atoms with Crippen molar-refractivity contribution in [3.8, 4) is 22.9 Å². The molecule has 1 atom stereocenters. The maximum Gasteiger partial charge on any atom is 0.246 e. The summed E-state index contributed by atoms with van der Waals surface area (Å²) in [5, 5.41) is 18.2. The van der Waals surface area contributed by atoms with Crippen molar-refractivity contribution in [3.63, 3.8) is 0 Å². The monoisotopic (exact) mass is 390 g/mol. The maximum atomic E-state index is 12.0. The Kier molecular flexibility index (Phi) is 4.80. The second-order valence-corrected chi connectivity index (χ2v) is 7.13. The molecule has 0 N–H and O–H groups in total. The molecule has 0 radical (unpaired) electrons. The van der Waals surface area contributed by atoms with Gasteiger partial charge in [-0.2, -0.15) is 15.5 Å². The molecule has 3 aromatic rings. The van der Waals surface area contributed by atoms with Crippen molar-refractivity contribution in [3.05, 3.63) is 48.6 Å². The van der Waals surface area contributed by atoms with Crippen molar-refractivity contribution in [2.75, 3.05) is 20.2 Å². The molecule has 0 spiro atoms. The number of aromatic nitrogens is 4. The molecule has 1 aliphatic rings. The molecule has 8 heteroatoms. The van der Waals surface area contributed by atoms with Crippen LogP contribution in [0.25, 0.3) is 16.6 Å². The normalized spacial score (nSPS) is 16.6. The fourth-order valence-corrected chi connectivity index (χ4v) is 4.03. The van der Waals surface area contributed by atoms with Crippen LogP contribution in [0.2, 0.25) is 0 Å². The van der Waals surface area contributed by atoms with Crippen LogP contribution >= 0.6 is 0 Å². The van der Waals surface area contributed by atoms with Gasteiger partial charge < -0.3 is 9.64 Å². The number of carbonyl (C=O) groups is 1. The van der Waals surface area contributed by atoms with E-state index in [2.05, 4.69) is 22.8 Å². The number of amides is 1. The third-order valence-corrected chi connectivity index (χ3v) is 5.50. The maximum absolute atomic E-state index is 12.0. The summed E-state index contributed by atoms with van der Waals surface area (Å²) < 4.78 is 9.17. The Balaban J connectivity index is 1.71. The highest BCUT2D eigenvalue weighted by Gasteiger charge is 2.26. The second kappa shape index (κ2) is 7.43. The quantitative estimate of drug-likeness (QED) is 0.639. The minimum atomic E-state index is -0.0399. The van der Waals surface area contributed by atoms with Gasteiger partial charge in [0.2, 0.25) is 5.91 Å². The number of rotatable bonds is 4. The Morgan fingerprint density at radius 1 is 1.41 bits per heavy atom. The molecule has 1 fully saturated rings. The van der Waals surface area contributed by atoms with Crippen molar-refractivity contribution in [1.29, 1.82) is 5.26 Å². The third kappa shape index (κ3) is 3.14.